The van der Waals surface area contributed by atoms with E-state index in [4.69, 9.17) is 32.6 Å². The first-order valence-electron chi connectivity index (χ1n) is 9.54. The van der Waals surface area contributed by atoms with E-state index in [1.807, 2.05) is 0 Å². The maximum atomic E-state index is 12.9. The van der Waals surface area contributed by atoms with Crippen molar-refractivity contribution in [3.8, 4) is 11.5 Å². The third-order valence-corrected chi connectivity index (χ3v) is 6.91. The number of primary amides is 1. The average molecular weight is 508 g/mol. The van der Waals surface area contributed by atoms with E-state index >= 15 is 0 Å². The van der Waals surface area contributed by atoms with E-state index in [1.165, 1.54) is 35.9 Å². The number of carbonyl (C=O) groups excluding carboxylic acids is 2. The molecule has 0 radical (unpaired) electrons. The summed E-state index contributed by atoms with van der Waals surface area (Å²) in [6.45, 7) is 0.0685. The largest absolute Gasteiger partial charge is 0.493 e. The fourth-order valence-corrected chi connectivity index (χ4v) is 4.80. The van der Waals surface area contributed by atoms with Crippen LogP contribution >= 0.6 is 24.0 Å². The summed E-state index contributed by atoms with van der Waals surface area (Å²) in [6.07, 6.45) is 2.19. The van der Waals surface area contributed by atoms with Crippen molar-refractivity contribution in [2.75, 3.05) is 20.3 Å². The number of carbonyl (C=O) groups is 2. The van der Waals surface area contributed by atoms with E-state index < -0.39 is 15.9 Å². The summed E-state index contributed by atoms with van der Waals surface area (Å²) < 4.78 is 33.8. The van der Waals surface area contributed by atoms with Gasteiger partial charge in [0.15, 0.2) is 18.1 Å². The fraction of sp³-hybridized carbons (Fsp3) is 0.190. The zero-order chi connectivity index (χ0) is 24.2. The van der Waals surface area contributed by atoms with Crippen molar-refractivity contribution >= 4 is 56.2 Å². The number of sulfonamides is 1. The summed E-state index contributed by atoms with van der Waals surface area (Å²) in [6, 6.07) is 11.2. The molecule has 0 aromatic heterocycles. The van der Waals surface area contributed by atoms with E-state index in [0.717, 1.165) is 5.56 Å². The number of amides is 2. The van der Waals surface area contributed by atoms with E-state index in [-0.39, 0.29) is 17.4 Å². The summed E-state index contributed by atoms with van der Waals surface area (Å²) in [5.41, 5.74) is 6.63. The molecule has 1 fully saturated rings. The fourth-order valence-electron chi connectivity index (χ4n) is 2.97. The van der Waals surface area contributed by atoms with Crippen molar-refractivity contribution < 1.29 is 27.5 Å². The molecule has 0 aliphatic carbocycles. The molecule has 0 unspecified atom stereocenters. The maximum Gasteiger partial charge on any atom is 0.266 e. The molecule has 2 aromatic rings. The van der Waals surface area contributed by atoms with Gasteiger partial charge in [-0.25, -0.2) is 13.6 Å². The summed E-state index contributed by atoms with van der Waals surface area (Å²) >= 11 is 6.56. The Labute approximate surface area is 200 Å². The van der Waals surface area contributed by atoms with Gasteiger partial charge in [-0.05, 0) is 47.9 Å². The molecule has 3 rings (SSSR count). The number of nitrogens with zero attached hydrogens (tertiary/aromatic N) is 1. The van der Waals surface area contributed by atoms with Crippen LogP contribution in [0.1, 0.15) is 11.1 Å². The van der Waals surface area contributed by atoms with Crippen LogP contribution in [0, 0.1) is 0 Å². The van der Waals surface area contributed by atoms with Crippen LogP contribution in [0.15, 0.2) is 52.3 Å². The van der Waals surface area contributed by atoms with Gasteiger partial charge in [-0.3, -0.25) is 14.5 Å². The Kier molecular flexibility index (Phi) is 7.74. The molecule has 2 amide bonds. The number of hydrogen-bond donors (Lipinski definition) is 2. The number of benzene rings is 2. The minimum Gasteiger partial charge on any atom is -0.493 e. The number of rotatable bonds is 9. The van der Waals surface area contributed by atoms with Gasteiger partial charge in [-0.2, -0.15) is 0 Å². The predicted molar refractivity (Wildman–Crippen MR) is 129 cm³/mol. The van der Waals surface area contributed by atoms with Crippen molar-refractivity contribution in [1.29, 1.82) is 0 Å². The topological polar surface area (TPSA) is 142 Å². The predicted octanol–water partition coefficient (Wildman–Crippen LogP) is 1.65. The molecule has 1 aliphatic heterocycles. The number of thiocarbonyl (C=S) groups is 1. The highest BCUT2D eigenvalue weighted by molar-refractivity contribution is 8.26. The van der Waals surface area contributed by atoms with Gasteiger partial charge in [0.2, 0.25) is 10.0 Å². The maximum absolute atomic E-state index is 12.9. The first-order valence-corrected chi connectivity index (χ1v) is 12.3. The second-order valence-corrected chi connectivity index (χ2v) is 10.2. The first kappa shape index (κ1) is 24.7. The molecule has 9 nitrogen and oxygen atoms in total. The summed E-state index contributed by atoms with van der Waals surface area (Å²) in [5, 5.41) is 5.11. The number of primary sulfonamides is 1. The summed E-state index contributed by atoms with van der Waals surface area (Å²) in [4.78, 5) is 25.8. The molecule has 2 aromatic carbocycles. The Hall–Kier alpha value is -2.93. The average Bonchev–Trinajstić information content (AvgIpc) is 3.03. The van der Waals surface area contributed by atoms with Gasteiger partial charge in [0.1, 0.15) is 4.32 Å². The lowest BCUT2D eigenvalue weighted by molar-refractivity contribution is -0.122. The smallest absolute Gasteiger partial charge is 0.266 e. The molecule has 174 valence electrons. The van der Waals surface area contributed by atoms with Gasteiger partial charge in [-0.1, -0.05) is 42.2 Å². The molecule has 1 heterocycles. The van der Waals surface area contributed by atoms with Crippen molar-refractivity contribution in [2.45, 2.75) is 11.3 Å². The van der Waals surface area contributed by atoms with Crippen LogP contribution in [0.4, 0.5) is 0 Å². The quantitative estimate of drug-likeness (QED) is 0.385. The van der Waals surface area contributed by atoms with Gasteiger partial charge >= 0.3 is 0 Å². The molecule has 0 atom stereocenters. The Morgan fingerprint density at radius 1 is 1.18 bits per heavy atom. The van der Waals surface area contributed by atoms with Crippen molar-refractivity contribution in [2.24, 2.45) is 10.9 Å². The zero-order valence-electron chi connectivity index (χ0n) is 17.5. The third kappa shape index (κ3) is 6.32. The van der Waals surface area contributed by atoms with Crippen LogP contribution in [0.2, 0.25) is 0 Å². The molecular weight excluding hydrogens is 486 g/mol. The SMILES string of the molecule is COc1cc(/C=C2/SC(=S)N(CCc3ccc(S(N)(=O)=O)cc3)C2=O)ccc1OCC(N)=O. The highest BCUT2D eigenvalue weighted by Gasteiger charge is 2.31. The Morgan fingerprint density at radius 2 is 1.88 bits per heavy atom. The van der Waals surface area contributed by atoms with E-state index in [9.17, 15) is 18.0 Å². The van der Waals surface area contributed by atoms with Crippen LogP contribution in [-0.2, 0) is 26.0 Å². The molecule has 0 bridgehead atoms. The van der Waals surface area contributed by atoms with Crippen LogP contribution in [0.25, 0.3) is 6.08 Å². The molecule has 4 N–H and O–H groups in total. The second kappa shape index (κ2) is 10.3. The monoisotopic (exact) mass is 507 g/mol. The third-order valence-electron chi connectivity index (χ3n) is 4.60. The van der Waals surface area contributed by atoms with Crippen molar-refractivity contribution in [3.63, 3.8) is 0 Å². The Morgan fingerprint density at radius 3 is 2.48 bits per heavy atom. The first-order chi connectivity index (χ1) is 15.6. The molecular formula is C21H21N3O6S3. The van der Waals surface area contributed by atoms with Gasteiger partial charge < -0.3 is 15.2 Å². The Bertz CT molecular complexity index is 1230. The van der Waals surface area contributed by atoms with Gasteiger partial charge in [0, 0.05) is 6.54 Å². The van der Waals surface area contributed by atoms with Crippen molar-refractivity contribution in [3.05, 3.63) is 58.5 Å². The second-order valence-electron chi connectivity index (χ2n) is 6.94. The normalized spacial score (nSPS) is 15.2. The van der Waals surface area contributed by atoms with Crippen molar-refractivity contribution in [1.82, 2.24) is 4.90 Å². The van der Waals surface area contributed by atoms with E-state index in [0.29, 0.717) is 39.3 Å². The molecule has 33 heavy (non-hydrogen) atoms. The lowest BCUT2D eigenvalue weighted by Gasteiger charge is -2.14. The lowest BCUT2D eigenvalue weighted by Crippen LogP contribution is -2.30. The van der Waals surface area contributed by atoms with Gasteiger partial charge in [0.05, 0.1) is 16.9 Å². The molecule has 0 saturated carbocycles. The van der Waals surface area contributed by atoms with Crippen LogP contribution < -0.4 is 20.3 Å². The summed E-state index contributed by atoms with van der Waals surface area (Å²) in [5.74, 6) is -0.0813. The number of thioether (sulfide) groups is 1. The minimum atomic E-state index is -3.75. The van der Waals surface area contributed by atoms with E-state index in [2.05, 4.69) is 0 Å². The number of nitrogens with two attached hydrogens (primary N) is 2. The van der Waals surface area contributed by atoms with Gasteiger partial charge in [0.25, 0.3) is 11.8 Å². The molecule has 1 saturated heterocycles. The minimum absolute atomic E-state index is 0.0290. The number of ether oxygens (including phenoxy) is 2. The molecule has 1 aliphatic rings. The van der Waals surface area contributed by atoms with Crippen LogP contribution in [-0.4, -0.2) is 49.7 Å². The number of methoxy groups -OCH3 is 1. The van der Waals surface area contributed by atoms with Crippen LogP contribution in [0.3, 0.4) is 0 Å². The zero-order valence-corrected chi connectivity index (χ0v) is 20.0. The highest BCUT2D eigenvalue weighted by Crippen LogP contribution is 2.35. The standard InChI is InChI=1S/C21H21N3O6S3/c1-29-17-10-14(4-7-16(17)30-12-19(22)25)11-18-20(26)24(21(31)32-18)9-8-13-2-5-15(6-3-13)33(23,27)28/h2-7,10-11H,8-9,12H2,1H3,(H2,22,25)(H2,23,27,28)/b18-11+. The van der Waals surface area contributed by atoms with Gasteiger partial charge in [-0.15, -0.1) is 0 Å². The highest BCUT2D eigenvalue weighted by atomic mass is 32.2. The van der Waals surface area contributed by atoms with E-state index in [1.54, 1.807) is 36.4 Å². The molecule has 0 spiro atoms. The molecule has 12 heteroatoms. The summed E-state index contributed by atoms with van der Waals surface area (Å²) in [7, 11) is -2.29. The Balaban J connectivity index is 1.69. The van der Waals surface area contributed by atoms with Crippen LogP contribution in [0.5, 0.6) is 11.5 Å². The lowest BCUT2D eigenvalue weighted by atomic mass is 10.1. The number of hydrogen-bond acceptors (Lipinski definition) is 8.